The molecule has 1 aromatic rings. The third kappa shape index (κ3) is 0.910. The lowest BCUT2D eigenvalue weighted by Gasteiger charge is -1.92. The lowest BCUT2D eigenvalue weighted by Crippen LogP contribution is -2.16. The Morgan fingerprint density at radius 3 is 3.33 bits per heavy atom. The van der Waals surface area contributed by atoms with Crippen LogP contribution in [0, 0.1) is 0 Å². The van der Waals surface area contributed by atoms with Crippen LogP contribution in [0.2, 0.25) is 0 Å². The highest BCUT2D eigenvalue weighted by atomic mass is 16.1. The van der Waals surface area contributed by atoms with E-state index >= 15 is 0 Å². The van der Waals surface area contributed by atoms with Crippen molar-refractivity contribution >= 4 is 5.91 Å². The molecule has 1 rings (SSSR count). The molecule has 48 valence electrons. The van der Waals surface area contributed by atoms with Crippen LogP contribution < -0.4 is 5.73 Å². The molecule has 1 amide bonds. The summed E-state index contributed by atoms with van der Waals surface area (Å²) in [5, 5.41) is 0. The molecule has 0 aromatic carbocycles. The van der Waals surface area contributed by atoms with Crippen LogP contribution in [0.1, 0.15) is 14.7 Å². The summed E-state index contributed by atoms with van der Waals surface area (Å²) in [5.74, 6) is -1.11. The highest BCUT2D eigenvalue weighted by Gasteiger charge is 2.02. The fourth-order valence-corrected chi connectivity index (χ4v) is 0.486. The van der Waals surface area contributed by atoms with Gasteiger partial charge in [-0.05, 0) is 0 Å². The summed E-state index contributed by atoms with van der Waals surface area (Å²) in [6.45, 7) is -2.40. The molecule has 1 heterocycles. The van der Waals surface area contributed by atoms with Gasteiger partial charge >= 0.3 is 0 Å². The third-order valence-corrected chi connectivity index (χ3v) is 0.861. The first kappa shape index (κ1) is 3.00. The van der Waals surface area contributed by atoms with Crippen molar-refractivity contribution in [1.29, 1.82) is 0 Å². The standard InChI is InChI=1S/C5H7N3O/c1-8-3-2-7-5(8)4(6)9/h2-3H,1H3,(H2,6,9)/i1D3. The first-order chi connectivity index (χ1) is 5.43. The minimum atomic E-state index is -2.40. The molecule has 4 nitrogen and oxygen atoms in total. The van der Waals surface area contributed by atoms with E-state index in [1.165, 1.54) is 12.4 Å². The number of primary amides is 1. The number of carbonyl (C=O) groups is 1. The molecule has 2 N–H and O–H groups in total. The zero-order valence-corrected chi connectivity index (χ0v) is 4.53. The number of hydrogen-bond acceptors (Lipinski definition) is 2. The zero-order chi connectivity index (χ0) is 9.35. The number of nitrogens with two attached hydrogens (primary N) is 1. The summed E-state index contributed by atoms with van der Waals surface area (Å²) < 4.78 is 21.7. The molecular weight excluding hydrogens is 118 g/mol. The van der Waals surface area contributed by atoms with E-state index in [1.807, 2.05) is 0 Å². The summed E-state index contributed by atoms with van der Waals surface area (Å²) in [5.41, 5.74) is 4.88. The minimum absolute atomic E-state index is 0.255. The van der Waals surface area contributed by atoms with Crippen LogP contribution in [0.25, 0.3) is 0 Å². The lowest BCUT2D eigenvalue weighted by atomic mass is 10.6. The van der Waals surface area contributed by atoms with Gasteiger partial charge in [-0.1, -0.05) is 0 Å². The number of amides is 1. The second kappa shape index (κ2) is 1.89. The first-order valence-electron chi connectivity index (χ1n) is 3.76. The van der Waals surface area contributed by atoms with Gasteiger partial charge in [0.05, 0.1) is 0 Å². The molecule has 0 saturated heterocycles. The fourth-order valence-electron chi connectivity index (χ4n) is 0.486. The van der Waals surface area contributed by atoms with E-state index in [0.29, 0.717) is 0 Å². The molecule has 0 aliphatic rings. The second-order valence-corrected chi connectivity index (χ2v) is 1.49. The Morgan fingerprint density at radius 1 is 2.11 bits per heavy atom. The number of aromatic nitrogens is 2. The molecule has 0 bridgehead atoms. The maximum Gasteiger partial charge on any atom is 0.284 e. The van der Waals surface area contributed by atoms with Gasteiger partial charge in [-0.15, -0.1) is 0 Å². The minimum Gasteiger partial charge on any atom is -0.363 e. The highest BCUT2D eigenvalue weighted by molar-refractivity contribution is 5.89. The molecule has 0 saturated carbocycles. The summed E-state index contributed by atoms with van der Waals surface area (Å²) in [6.07, 6.45) is 2.40. The van der Waals surface area contributed by atoms with Crippen molar-refractivity contribution in [3.63, 3.8) is 0 Å². The number of nitrogens with zero attached hydrogens (tertiary/aromatic N) is 2. The van der Waals surface area contributed by atoms with Crippen molar-refractivity contribution in [2.24, 2.45) is 12.7 Å². The third-order valence-electron chi connectivity index (χ3n) is 0.861. The van der Waals surface area contributed by atoms with E-state index in [9.17, 15) is 4.79 Å². The molecule has 0 spiro atoms. The van der Waals surface area contributed by atoms with Gasteiger partial charge in [-0.25, -0.2) is 4.98 Å². The molecule has 0 fully saturated rings. The Morgan fingerprint density at radius 2 is 2.89 bits per heavy atom. The van der Waals surface area contributed by atoms with Gasteiger partial charge in [-0.2, -0.15) is 0 Å². The van der Waals surface area contributed by atoms with Crippen LogP contribution in [-0.4, -0.2) is 15.5 Å². The normalized spacial score (nSPS) is 15.8. The van der Waals surface area contributed by atoms with Crippen molar-refractivity contribution in [2.75, 3.05) is 0 Å². The zero-order valence-electron chi connectivity index (χ0n) is 7.53. The monoisotopic (exact) mass is 128 g/mol. The largest absolute Gasteiger partial charge is 0.363 e. The number of aryl methyl sites for hydroxylation is 1. The van der Waals surface area contributed by atoms with E-state index in [-0.39, 0.29) is 5.82 Å². The van der Waals surface area contributed by atoms with E-state index in [0.717, 1.165) is 4.57 Å². The fraction of sp³-hybridized carbons (Fsp3) is 0.200. The molecule has 0 aliphatic carbocycles. The second-order valence-electron chi connectivity index (χ2n) is 1.49. The molecule has 4 heteroatoms. The van der Waals surface area contributed by atoms with Gasteiger partial charge in [0.25, 0.3) is 5.91 Å². The summed E-state index contributed by atoms with van der Waals surface area (Å²) >= 11 is 0. The van der Waals surface area contributed by atoms with Crippen LogP contribution in [0.15, 0.2) is 12.4 Å². The lowest BCUT2D eigenvalue weighted by molar-refractivity contribution is 0.0987. The van der Waals surface area contributed by atoms with Gasteiger partial charge in [0.1, 0.15) is 0 Å². The number of imidazole rings is 1. The predicted molar refractivity (Wildman–Crippen MR) is 31.7 cm³/mol. The maximum atomic E-state index is 10.6. The first-order valence-corrected chi connectivity index (χ1v) is 2.26. The molecule has 1 aromatic heterocycles. The smallest absolute Gasteiger partial charge is 0.284 e. The van der Waals surface area contributed by atoms with E-state index < -0.39 is 12.9 Å². The van der Waals surface area contributed by atoms with Crippen molar-refractivity contribution in [3.05, 3.63) is 18.2 Å². The van der Waals surface area contributed by atoms with E-state index in [2.05, 4.69) is 4.98 Å². The van der Waals surface area contributed by atoms with Crippen LogP contribution in [0.3, 0.4) is 0 Å². The van der Waals surface area contributed by atoms with Crippen molar-refractivity contribution in [2.45, 2.75) is 0 Å². The Hall–Kier alpha value is -1.32. The number of hydrogen-bond donors (Lipinski definition) is 1. The van der Waals surface area contributed by atoms with Crippen molar-refractivity contribution in [3.8, 4) is 0 Å². The van der Waals surface area contributed by atoms with Gasteiger partial charge in [0.15, 0.2) is 5.82 Å². The summed E-state index contributed by atoms with van der Waals surface area (Å²) in [4.78, 5) is 14.1. The quantitative estimate of drug-likeness (QED) is 0.555. The van der Waals surface area contributed by atoms with Gasteiger partial charge < -0.3 is 10.3 Å². The Labute approximate surface area is 56.5 Å². The summed E-state index contributed by atoms with van der Waals surface area (Å²) in [6, 6.07) is 0. The highest BCUT2D eigenvalue weighted by Crippen LogP contribution is 1.89. The van der Waals surface area contributed by atoms with Crippen LogP contribution in [0.4, 0.5) is 0 Å². The van der Waals surface area contributed by atoms with Gasteiger partial charge in [0, 0.05) is 23.5 Å². The molecule has 0 radical (unpaired) electrons. The van der Waals surface area contributed by atoms with Crippen LogP contribution in [-0.2, 0) is 6.98 Å². The number of rotatable bonds is 1. The van der Waals surface area contributed by atoms with Crippen LogP contribution in [0.5, 0.6) is 0 Å². The van der Waals surface area contributed by atoms with E-state index in [1.54, 1.807) is 0 Å². The Bertz CT molecular complexity index is 303. The Balaban J connectivity index is 3.17. The molecule has 0 atom stereocenters. The average molecular weight is 128 g/mol. The Kier molecular flexibility index (Phi) is 0.631. The molecule has 0 aliphatic heterocycles. The summed E-state index contributed by atoms with van der Waals surface area (Å²) in [7, 11) is 0. The van der Waals surface area contributed by atoms with Crippen LogP contribution >= 0.6 is 0 Å². The molecule has 0 unspecified atom stereocenters. The van der Waals surface area contributed by atoms with E-state index in [4.69, 9.17) is 9.85 Å². The molecular formula is C5H7N3O. The van der Waals surface area contributed by atoms with Crippen molar-refractivity contribution in [1.82, 2.24) is 9.55 Å². The van der Waals surface area contributed by atoms with Gasteiger partial charge in [-0.3, -0.25) is 4.79 Å². The maximum absolute atomic E-state index is 10.6. The van der Waals surface area contributed by atoms with Crippen molar-refractivity contribution < 1.29 is 8.91 Å². The SMILES string of the molecule is [2H]C([2H])([2H])n1ccnc1C(N)=O. The predicted octanol–water partition coefficient (Wildman–Crippen LogP) is -0.481. The van der Waals surface area contributed by atoms with Gasteiger partial charge in [0.2, 0.25) is 0 Å². The topological polar surface area (TPSA) is 60.9 Å². The molecule has 9 heavy (non-hydrogen) atoms. The number of carbonyl (C=O) groups excluding carboxylic acids is 1. The average Bonchev–Trinajstić information content (AvgIpc) is 2.30.